The molecule has 0 aromatic carbocycles. The van der Waals surface area contributed by atoms with E-state index >= 15 is 0 Å². The fourth-order valence-corrected chi connectivity index (χ4v) is 9.39. The molecule has 4 heteroatoms. The first kappa shape index (κ1) is 23.0. The number of carboxylic acids is 1. The normalized spacial score (nSPS) is 42.7. The lowest BCUT2D eigenvalue weighted by molar-refractivity contribution is -0.133. The van der Waals surface area contributed by atoms with Crippen molar-refractivity contribution in [2.45, 2.75) is 104 Å². The maximum absolute atomic E-state index is 11.2. The van der Waals surface area contributed by atoms with Gasteiger partial charge in [-0.2, -0.15) is 0 Å². The second-order valence-electron chi connectivity index (χ2n) is 12.1. The Bertz CT molecular complexity index is 710. The van der Waals surface area contributed by atoms with E-state index in [1.807, 2.05) is 0 Å². The highest BCUT2D eigenvalue weighted by Gasteiger charge is 2.60. The molecule has 4 aliphatic carbocycles. The molecule has 4 nitrogen and oxygen atoms in total. The molecule has 0 amide bonds. The molecular formula is C27H44O4. The van der Waals surface area contributed by atoms with Crippen molar-refractivity contribution < 1.29 is 20.1 Å². The minimum Gasteiger partial charge on any atom is -0.481 e. The highest BCUT2D eigenvalue weighted by atomic mass is 16.5. The van der Waals surface area contributed by atoms with E-state index in [0.717, 1.165) is 36.0 Å². The summed E-state index contributed by atoms with van der Waals surface area (Å²) in [5.74, 6) is 2.73. The molecule has 1 unspecified atom stereocenters. The summed E-state index contributed by atoms with van der Waals surface area (Å²) in [6.45, 7) is 7.58. The molecule has 0 aromatic rings. The van der Waals surface area contributed by atoms with Crippen molar-refractivity contribution in [2.75, 3.05) is 0 Å². The van der Waals surface area contributed by atoms with E-state index < -0.39 is 11.9 Å². The lowest BCUT2D eigenvalue weighted by Gasteiger charge is -2.61. The number of carbonyl (C=O) groups is 1. The van der Waals surface area contributed by atoms with E-state index in [-0.39, 0.29) is 12.0 Å². The molecule has 4 fully saturated rings. The maximum Gasteiger partial charge on any atom is 0.338 e. The van der Waals surface area contributed by atoms with Gasteiger partial charge in [0.1, 0.15) is 5.57 Å². The van der Waals surface area contributed by atoms with Crippen LogP contribution in [0.15, 0.2) is 11.5 Å². The van der Waals surface area contributed by atoms with Crippen molar-refractivity contribution in [3.63, 3.8) is 0 Å². The molecule has 0 aliphatic heterocycles. The van der Waals surface area contributed by atoms with Crippen LogP contribution in [0.25, 0.3) is 0 Å². The second kappa shape index (κ2) is 8.63. The van der Waals surface area contributed by atoms with Crippen LogP contribution < -0.4 is 0 Å². The molecule has 0 radical (unpaired) electrons. The zero-order chi connectivity index (χ0) is 22.4. The molecule has 3 N–H and O–H groups in total. The van der Waals surface area contributed by atoms with E-state index in [4.69, 9.17) is 5.11 Å². The first-order valence-electron chi connectivity index (χ1n) is 13.0. The number of aliphatic hydroxyl groups excluding tert-OH is 1. The zero-order valence-electron chi connectivity index (χ0n) is 19.9. The van der Waals surface area contributed by atoms with Gasteiger partial charge in [0.2, 0.25) is 0 Å². The monoisotopic (exact) mass is 432 g/mol. The Morgan fingerprint density at radius 2 is 1.65 bits per heavy atom. The van der Waals surface area contributed by atoms with Gasteiger partial charge in [0.25, 0.3) is 5.95 Å². The third-order valence-corrected chi connectivity index (χ3v) is 11.0. The number of hydrogen-bond acceptors (Lipinski definition) is 3. The van der Waals surface area contributed by atoms with E-state index in [1.54, 1.807) is 0 Å². The van der Waals surface area contributed by atoms with Gasteiger partial charge in [-0.25, -0.2) is 4.79 Å². The quantitative estimate of drug-likeness (QED) is 0.305. The van der Waals surface area contributed by atoms with Gasteiger partial charge in [0.15, 0.2) is 0 Å². The molecule has 0 saturated heterocycles. The van der Waals surface area contributed by atoms with Gasteiger partial charge in [0, 0.05) is 0 Å². The van der Waals surface area contributed by atoms with Gasteiger partial charge in [-0.1, -0.05) is 40.0 Å². The predicted molar refractivity (Wildman–Crippen MR) is 123 cm³/mol. The van der Waals surface area contributed by atoms with Gasteiger partial charge in [-0.05, 0) is 111 Å². The number of hydrogen-bond donors (Lipinski definition) is 3. The largest absolute Gasteiger partial charge is 0.481 e. The SMILES string of the molecule is C[C@H](CCCC(C(=O)O)=C(O)O)[C@H]1CC[C@H]2[C@@H]3CCC4CCCC[C@]4(C)[C@H]3CC[C@]12C. The first-order valence-corrected chi connectivity index (χ1v) is 13.0. The van der Waals surface area contributed by atoms with Crippen molar-refractivity contribution in [1.29, 1.82) is 0 Å². The predicted octanol–water partition coefficient (Wildman–Crippen LogP) is 7.25. The zero-order valence-corrected chi connectivity index (χ0v) is 19.9. The molecule has 4 aliphatic rings. The van der Waals surface area contributed by atoms with Crippen molar-refractivity contribution in [3.05, 3.63) is 11.5 Å². The topological polar surface area (TPSA) is 77.8 Å². The summed E-state index contributed by atoms with van der Waals surface area (Å²) >= 11 is 0. The molecular weight excluding hydrogens is 388 g/mol. The number of carboxylic acid groups (broad SMARTS) is 1. The number of aliphatic carboxylic acids is 1. The Morgan fingerprint density at radius 1 is 0.903 bits per heavy atom. The van der Waals surface area contributed by atoms with Crippen LogP contribution in [0, 0.1) is 46.3 Å². The fraction of sp³-hybridized carbons (Fsp3) is 0.889. The molecule has 0 aromatic heterocycles. The van der Waals surface area contributed by atoms with Crippen molar-refractivity contribution in [1.82, 2.24) is 0 Å². The minimum atomic E-state index is -1.22. The van der Waals surface area contributed by atoms with Crippen LogP contribution in [0.5, 0.6) is 0 Å². The Kier molecular flexibility index (Phi) is 6.40. The van der Waals surface area contributed by atoms with E-state index in [0.29, 0.717) is 23.2 Å². The number of fused-ring (bicyclic) bond motifs is 5. The Morgan fingerprint density at radius 3 is 2.35 bits per heavy atom. The summed E-state index contributed by atoms with van der Waals surface area (Å²) in [6, 6.07) is 0. The highest BCUT2D eigenvalue weighted by molar-refractivity contribution is 5.86. The summed E-state index contributed by atoms with van der Waals surface area (Å²) in [5.41, 5.74) is 0.780. The van der Waals surface area contributed by atoms with Gasteiger partial charge < -0.3 is 15.3 Å². The van der Waals surface area contributed by atoms with Crippen molar-refractivity contribution in [3.8, 4) is 0 Å². The molecule has 0 spiro atoms. The third kappa shape index (κ3) is 3.91. The molecule has 4 rings (SSSR count). The van der Waals surface area contributed by atoms with Crippen LogP contribution in [-0.2, 0) is 4.79 Å². The minimum absolute atomic E-state index is 0.235. The fourth-order valence-electron chi connectivity index (χ4n) is 9.39. The summed E-state index contributed by atoms with van der Waals surface area (Å²) in [7, 11) is 0. The summed E-state index contributed by atoms with van der Waals surface area (Å²) in [5, 5.41) is 27.6. The van der Waals surface area contributed by atoms with Crippen LogP contribution >= 0.6 is 0 Å². The third-order valence-electron chi connectivity index (χ3n) is 11.0. The summed E-state index contributed by atoms with van der Waals surface area (Å²) in [4.78, 5) is 11.2. The van der Waals surface area contributed by atoms with E-state index in [2.05, 4.69) is 20.8 Å². The molecule has 0 heterocycles. The smallest absolute Gasteiger partial charge is 0.338 e. The summed E-state index contributed by atoms with van der Waals surface area (Å²) in [6.07, 6.45) is 16.1. The molecule has 4 saturated carbocycles. The van der Waals surface area contributed by atoms with Crippen LogP contribution in [-0.4, -0.2) is 21.3 Å². The lowest BCUT2D eigenvalue weighted by Crippen LogP contribution is -2.53. The Hall–Kier alpha value is -1.19. The van der Waals surface area contributed by atoms with Crippen molar-refractivity contribution in [2.24, 2.45) is 46.3 Å². The van der Waals surface area contributed by atoms with Gasteiger partial charge in [0.05, 0.1) is 0 Å². The Labute approximate surface area is 188 Å². The van der Waals surface area contributed by atoms with Crippen molar-refractivity contribution >= 4 is 5.97 Å². The Balaban J connectivity index is 1.41. The lowest BCUT2D eigenvalue weighted by atomic mass is 9.44. The number of rotatable bonds is 6. The summed E-state index contributed by atoms with van der Waals surface area (Å²) < 4.78 is 0. The van der Waals surface area contributed by atoms with E-state index in [9.17, 15) is 15.0 Å². The molecule has 176 valence electrons. The highest BCUT2D eigenvalue weighted by Crippen LogP contribution is 2.68. The van der Waals surface area contributed by atoms with Crippen LogP contribution in [0.4, 0.5) is 0 Å². The standard InChI is InChI=1S/C27H44O4/c1-17(7-6-9-20(24(28)29)25(30)31)21-12-13-22-19-11-10-18-8-4-5-15-26(18,2)23(19)14-16-27(21,22)3/h17-19,21-23,28-29H,4-16H2,1-3H3,(H,30,31)/t17-,18?,19+,21-,22+,23+,26+,27-/m1/s1. The van der Waals surface area contributed by atoms with Gasteiger partial charge in [-0.15, -0.1) is 0 Å². The molecule has 8 atom stereocenters. The average Bonchev–Trinajstić information content (AvgIpc) is 3.07. The first-order chi connectivity index (χ1) is 14.7. The second-order valence-corrected chi connectivity index (χ2v) is 12.1. The molecule has 0 bridgehead atoms. The number of aliphatic hydroxyl groups is 2. The van der Waals surface area contributed by atoms with Gasteiger partial charge in [-0.3, -0.25) is 0 Å². The molecule has 31 heavy (non-hydrogen) atoms. The van der Waals surface area contributed by atoms with Crippen LogP contribution in [0.3, 0.4) is 0 Å². The average molecular weight is 433 g/mol. The maximum atomic E-state index is 11.2. The van der Waals surface area contributed by atoms with E-state index in [1.165, 1.54) is 64.2 Å². The van der Waals surface area contributed by atoms with Gasteiger partial charge >= 0.3 is 5.97 Å². The van der Waals surface area contributed by atoms with Crippen LogP contribution in [0.1, 0.15) is 104 Å². The van der Waals surface area contributed by atoms with Crippen LogP contribution in [0.2, 0.25) is 0 Å².